The molecular formula is C14H21N3O2. The quantitative estimate of drug-likeness (QED) is 0.903. The number of carbonyl (C=O) groups excluding carboxylic acids is 1. The van der Waals surface area contributed by atoms with Crippen LogP contribution in [-0.4, -0.2) is 47.6 Å². The molecule has 0 atom stereocenters. The molecule has 2 heterocycles. The van der Waals surface area contributed by atoms with Crippen LogP contribution in [-0.2, 0) is 4.74 Å². The van der Waals surface area contributed by atoms with Gasteiger partial charge in [0.2, 0.25) is 0 Å². The highest BCUT2D eigenvalue weighted by Crippen LogP contribution is 2.23. The summed E-state index contributed by atoms with van der Waals surface area (Å²) in [5.74, 6) is 0.662. The number of carbonyl (C=O) groups is 1. The lowest BCUT2D eigenvalue weighted by Gasteiger charge is -2.42. The summed E-state index contributed by atoms with van der Waals surface area (Å²) in [6, 6.07) is 3.61. The van der Waals surface area contributed by atoms with E-state index in [1.54, 1.807) is 12.3 Å². The number of rotatable bonds is 3. The number of aromatic nitrogens is 1. The molecule has 1 aliphatic rings. The van der Waals surface area contributed by atoms with Crippen LogP contribution >= 0.6 is 0 Å². The zero-order chi connectivity index (χ0) is 13.9. The van der Waals surface area contributed by atoms with Gasteiger partial charge in [0.25, 0.3) is 5.91 Å². The normalized spacial score (nSPS) is 18.2. The Morgan fingerprint density at radius 1 is 1.58 bits per heavy atom. The van der Waals surface area contributed by atoms with Crippen LogP contribution in [0.5, 0.6) is 0 Å². The first kappa shape index (κ1) is 13.8. The van der Waals surface area contributed by atoms with Crippen LogP contribution < -0.4 is 5.32 Å². The molecule has 1 fully saturated rings. The van der Waals surface area contributed by atoms with E-state index in [2.05, 4.69) is 10.3 Å². The van der Waals surface area contributed by atoms with Crippen LogP contribution in [0.4, 0.5) is 5.82 Å². The van der Waals surface area contributed by atoms with Crippen molar-refractivity contribution in [2.45, 2.75) is 26.3 Å². The lowest BCUT2D eigenvalue weighted by Crippen LogP contribution is -2.55. The second-order valence-corrected chi connectivity index (χ2v) is 5.25. The van der Waals surface area contributed by atoms with E-state index in [4.69, 9.17) is 4.74 Å². The molecular weight excluding hydrogens is 242 g/mol. The van der Waals surface area contributed by atoms with Gasteiger partial charge in [0.1, 0.15) is 5.82 Å². The molecule has 0 radical (unpaired) electrons. The molecule has 5 heteroatoms. The lowest BCUT2D eigenvalue weighted by molar-refractivity contribution is -0.0370. The summed E-state index contributed by atoms with van der Waals surface area (Å²) in [6.45, 7) is 8.54. The number of amides is 1. The number of hydrogen-bond acceptors (Lipinski definition) is 4. The SMILES string of the molecule is CCNc1ncccc1C(=O)N1CCOCC1(C)C. The van der Waals surface area contributed by atoms with Crippen molar-refractivity contribution in [1.29, 1.82) is 0 Å². The average molecular weight is 263 g/mol. The molecule has 1 N–H and O–H groups in total. The lowest BCUT2D eigenvalue weighted by atomic mass is 10.0. The second-order valence-electron chi connectivity index (χ2n) is 5.25. The van der Waals surface area contributed by atoms with Crippen molar-refractivity contribution >= 4 is 11.7 Å². The van der Waals surface area contributed by atoms with Gasteiger partial charge in [-0.3, -0.25) is 4.79 Å². The van der Waals surface area contributed by atoms with Crippen molar-refractivity contribution in [3.05, 3.63) is 23.9 Å². The molecule has 1 saturated heterocycles. The van der Waals surface area contributed by atoms with E-state index in [-0.39, 0.29) is 11.4 Å². The van der Waals surface area contributed by atoms with Crippen molar-refractivity contribution < 1.29 is 9.53 Å². The monoisotopic (exact) mass is 263 g/mol. The molecule has 5 nitrogen and oxygen atoms in total. The van der Waals surface area contributed by atoms with Crippen molar-refractivity contribution in [3.63, 3.8) is 0 Å². The number of nitrogens with one attached hydrogen (secondary N) is 1. The number of pyridine rings is 1. The van der Waals surface area contributed by atoms with Crippen LogP contribution in [0.1, 0.15) is 31.1 Å². The number of ether oxygens (including phenoxy) is 1. The molecule has 1 aliphatic heterocycles. The fourth-order valence-electron chi connectivity index (χ4n) is 2.27. The van der Waals surface area contributed by atoms with Crippen LogP contribution in [0.25, 0.3) is 0 Å². The molecule has 0 aliphatic carbocycles. The van der Waals surface area contributed by atoms with Gasteiger partial charge in [0, 0.05) is 19.3 Å². The molecule has 1 amide bonds. The van der Waals surface area contributed by atoms with Gasteiger partial charge in [-0.25, -0.2) is 4.98 Å². The van der Waals surface area contributed by atoms with Gasteiger partial charge in [-0.1, -0.05) is 0 Å². The van der Waals surface area contributed by atoms with E-state index in [0.717, 1.165) is 6.54 Å². The number of anilines is 1. The Morgan fingerprint density at radius 3 is 3.05 bits per heavy atom. The smallest absolute Gasteiger partial charge is 0.258 e. The third kappa shape index (κ3) is 2.87. The first-order valence-electron chi connectivity index (χ1n) is 6.65. The summed E-state index contributed by atoms with van der Waals surface area (Å²) in [7, 11) is 0. The molecule has 0 unspecified atom stereocenters. The molecule has 0 saturated carbocycles. The molecule has 2 rings (SSSR count). The topological polar surface area (TPSA) is 54.5 Å². The van der Waals surface area contributed by atoms with Gasteiger partial charge in [0.15, 0.2) is 0 Å². The van der Waals surface area contributed by atoms with E-state index in [0.29, 0.717) is 31.1 Å². The van der Waals surface area contributed by atoms with Crippen molar-refractivity contribution in [3.8, 4) is 0 Å². The number of hydrogen-bond donors (Lipinski definition) is 1. The fraction of sp³-hybridized carbons (Fsp3) is 0.571. The molecule has 0 spiro atoms. The van der Waals surface area contributed by atoms with Crippen molar-refractivity contribution in [2.24, 2.45) is 0 Å². The van der Waals surface area contributed by atoms with Gasteiger partial charge >= 0.3 is 0 Å². The summed E-state index contributed by atoms with van der Waals surface area (Å²) in [4.78, 5) is 18.8. The van der Waals surface area contributed by atoms with E-state index in [1.165, 1.54) is 0 Å². The summed E-state index contributed by atoms with van der Waals surface area (Å²) < 4.78 is 5.45. The number of nitrogens with zero attached hydrogens (tertiary/aromatic N) is 2. The first-order chi connectivity index (χ1) is 9.06. The number of morpholine rings is 1. The first-order valence-corrected chi connectivity index (χ1v) is 6.65. The van der Waals surface area contributed by atoms with Crippen LogP contribution in [0.3, 0.4) is 0 Å². The average Bonchev–Trinajstić information content (AvgIpc) is 2.38. The third-order valence-electron chi connectivity index (χ3n) is 3.27. The second kappa shape index (κ2) is 5.57. The third-order valence-corrected chi connectivity index (χ3v) is 3.27. The molecule has 1 aromatic rings. The maximum Gasteiger partial charge on any atom is 0.258 e. The Labute approximate surface area is 114 Å². The molecule has 0 aromatic carbocycles. The summed E-state index contributed by atoms with van der Waals surface area (Å²) in [5.41, 5.74) is 0.341. The Morgan fingerprint density at radius 2 is 2.37 bits per heavy atom. The van der Waals surface area contributed by atoms with Crippen LogP contribution in [0, 0.1) is 0 Å². The van der Waals surface area contributed by atoms with E-state index >= 15 is 0 Å². The van der Waals surface area contributed by atoms with E-state index in [9.17, 15) is 4.79 Å². The fourth-order valence-corrected chi connectivity index (χ4v) is 2.27. The zero-order valence-corrected chi connectivity index (χ0v) is 11.8. The zero-order valence-electron chi connectivity index (χ0n) is 11.8. The maximum atomic E-state index is 12.7. The molecule has 19 heavy (non-hydrogen) atoms. The maximum absolute atomic E-state index is 12.7. The van der Waals surface area contributed by atoms with Gasteiger partial charge in [-0.05, 0) is 32.9 Å². The Bertz CT molecular complexity index is 460. The molecule has 1 aromatic heterocycles. The Balaban J connectivity index is 2.28. The summed E-state index contributed by atoms with van der Waals surface area (Å²) >= 11 is 0. The van der Waals surface area contributed by atoms with Gasteiger partial charge in [-0.15, -0.1) is 0 Å². The highest BCUT2D eigenvalue weighted by molar-refractivity contribution is 5.99. The predicted octanol–water partition coefficient (Wildman–Crippen LogP) is 1.76. The van der Waals surface area contributed by atoms with Crippen LogP contribution in [0.2, 0.25) is 0 Å². The Kier molecular flexibility index (Phi) is 4.04. The standard InChI is InChI=1S/C14H21N3O2/c1-4-15-12-11(6-5-7-16-12)13(18)17-8-9-19-10-14(17,2)3/h5-7H,4,8-10H2,1-3H3,(H,15,16). The highest BCUT2D eigenvalue weighted by atomic mass is 16.5. The van der Waals surface area contributed by atoms with Crippen LogP contribution in [0.15, 0.2) is 18.3 Å². The predicted molar refractivity (Wildman–Crippen MR) is 74.3 cm³/mol. The Hall–Kier alpha value is -1.62. The van der Waals surface area contributed by atoms with Crippen molar-refractivity contribution in [2.75, 3.05) is 31.6 Å². The van der Waals surface area contributed by atoms with E-state index < -0.39 is 0 Å². The highest BCUT2D eigenvalue weighted by Gasteiger charge is 2.35. The van der Waals surface area contributed by atoms with Crippen molar-refractivity contribution in [1.82, 2.24) is 9.88 Å². The minimum absolute atomic E-state index is 0.0114. The molecule has 104 valence electrons. The summed E-state index contributed by atoms with van der Waals surface area (Å²) in [6.07, 6.45) is 1.69. The van der Waals surface area contributed by atoms with Gasteiger partial charge < -0.3 is 15.0 Å². The molecule has 0 bridgehead atoms. The van der Waals surface area contributed by atoms with Gasteiger partial charge in [-0.2, -0.15) is 0 Å². The minimum Gasteiger partial charge on any atom is -0.377 e. The largest absolute Gasteiger partial charge is 0.377 e. The van der Waals surface area contributed by atoms with E-state index in [1.807, 2.05) is 31.7 Å². The minimum atomic E-state index is -0.283. The summed E-state index contributed by atoms with van der Waals surface area (Å²) in [5, 5.41) is 3.13. The van der Waals surface area contributed by atoms with Gasteiger partial charge in [0.05, 0.1) is 24.3 Å².